The zero-order chi connectivity index (χ0) is 18.8. The lowest BCUT2D eigenvalue weighted by Gasteiger charge is -2.09. The van der Waals surface area contributed by atoms with E-state index in [1.807, 2.05) is 0 Å². The van der Waals surface area contributed by atoms with Crippen molar-refractivity contribution in [3.05, 3.63) is 56.9 Å². The van der Waals surface area contributed by atoms with Gasteiger partial charge in [0.25, 0.3) is 5.91 Å². The summed E-state index contributed by atoms with van der Waals surface area (Å²) >= 11 is 17.7. The number of benzene rings is 1. The zero-order valence-corrected chi connectivity index (χ0v) is 15.6. The van der Waals surface area contributed by atoms with E-state index >= 15 is 0 Å². The first-order valence-electron chi connectivity index (χ1n) is 7.28. The van der Waals surface area contributed by atoms with Crippen LogP contribution in [0.5, 0.6) is 0 Å². The van der Waals surface area contributed by atoms with Crippen molar-refractivity contribution in [1.82, 2.24) is 14.6 Å². The fourth-order valence-corrected chi connectivity index (χ4v) is 2.84. The van der Waals surface area contributed by atoms with Gasteiger partial charge in [-0.3, -0.25) is 4.79 Å². The number of amides is 1. The van der Waals surface area contributed by atoms with E-state index in [2.05, 4.69) is 15.4 Å². The van der Waals surface area contributed by atoms with Gasteiger partial charge in [0.1, 0.15) is 5.56 Å². The third-order valence-corrected chi connectivity index (χ3v) is 4.43. The molecule has 10 heteroatoms. The maximum absolute atomic E-state index is 12.3. The Bertz CT molecular complexity index is 1020. The van der Waals surface area contributed by atoms with Crippen molar-refractivity contribution >= 4 is 58.0 Å². The minimum absolute atomic E-state index is 0.200. The van der Waals surface area contributed by atoms with Crippen molar-refractivity contribution in [2.24, 2.45) is 0 Å². The van der Waals surface area contributed by atoms with Crippen molar-refractivity contribution in [2.75, 3.05) is 11.9 Å². The molecule has 0 radical (unpaired) electrons. The molecule has 1 amide bonds. The number of ether oxygens (including phenoxy) is 1. The maximum Gasteiger partial charge on any atom is 0.344 e. The molecule has 2 aromatic heterocycles. The van der Waals surface area contributed by atoms with Crippen LogP contribution in [-0.2, 0) is 9.53 Å². The van der Waals surface area contributed by atoms with E-state index in [4.69, 9.17) is 39.5 Å². The van der Waals surface area contributed by atoms with Gasteiger partial charge >= 0.3 is 5.97 Å². The van der Waals surface area contributed by atoms with Crippen molar-refractivity contribution < 1.29 is 14.3 Å². The highest BCUT2D eigenvalue weighted by atomic mass is 35.5. The molecule has 0 fully saturated rings. The Labute approximate surface area is 162 Å². The number of carbonyl (C=O) groups is 2. The van der Waals surface area contributed by atoms with Crippen molar-refractivity contribution in [3.63, 3.8) is 0 Å². The van der Waals surface area contributed by atoms with E-state index < -0.39 is 18.5 Å². The molecule has 0 saturated heterocycles. The molecular weight excluding hydrogens is 403 g/mol. The van der Waals surface area contributed by atoms with Crippen LogP contribution in [0.1, 0.15) is 16.1 Å². The maximum atomic E-state index is 12.3. The topological polar surface area (TPSA) is 85.6 Å². The second kappa shape index (κ2) is 7.49. The van der Waals surface area contributed by atoms with E-state index in [0.717, 1.165) is 0 Å². The van der Waals surface area contributed by atoms with Crippen LogP contribution in [0.2, 0.25) is 15.1 Å². The van der Waals surface area contributed by atoms with Gasteiger partial charge in [0.05, 0.1) is 26.4 Å². The first kappa shape index (κ1) is 18.4. The smallest absolute Gasteiger partial charge is 0.344 e. The minimum atomic E-state index is -0.702. The third kappa shape index (κ3) is 3.75. The summed E-state index contributed by atoms with van der Waals surface area (Å²) in [6.45, 7) is 1.14. The molecule has 0 bridgehead atoms. The molecule has 0 aliphatic rings. The number of anilines is 1. The number of halogens is 3. The number of aryl methyl sites for hydroxylation is 1. The van der Waals surface area contributed by atoms with Gasteiger partial charge in [-0.05, 0) is 25.1 Å². The van der Waals surface area contributed by atoms with Crippen LogP contribution in [0.3, 0.4) is 0 Å². The monoisotopic (exact) mass is 412 g/mol. The van der Waals surface area contributed by atoms with Crippen LogP contribution in [0.15, 0.2) is 30.6 Å². The lowest BCUT2D eigenvalue weighted by atomic mass is 10.2. The molecule has 0 atom stereocenters. The molecule has 26 heavy (non-hydrogen) atoms. The molecule has 1 aromatic carbocycles. The van der Waals surface area contributed by atoms with Gasteiger partial charge < -0.3 is 10.1 Å². The average molecular weight is 414 g/mol. The summed E-state index contributed by atoms with van der Waals surface area (Å²) in [7, 11) is 0. The number of carbonyl (C=O) groups excluding carboxylic acids is 2. The van der Waals surface area contributed by atoms with E-state index in [1.165, 1.54) is 22.8 Å². The summed E-state index contributed by atoms with van der Waals surface area (Å²) in [6.07, 6.45) is 3.19. The fraction of sp³-hybridized carbons (Fsp3) is 0.125. The van der Waals surface area contributed by atoms with Gasteiger partial charge in [-0.25, -0.2) is 14.3 Å². The zero-order valence-electron chi connectivity index (χ0n) is 13.3. The first-order valence-corrected chi connectivity index (χ1v) is 8.41. The van der Waals surface area contributed by atoms with E-state index in [1.54, 1.807) is 19.2 Å². The molecule has 0 saturated carbocycles. The number of hydrogen-bond acceptors (Lipinski definition) is 5. The second-order valence-electron chi connectivity index (χ2n) is 5.22. The third-order valence-electron chi connectivity index (χ3n) is 3.39. The average Bonchev–Trinajstić information content (AvgIpc) is 2.93. The number of rotatable bonds is 4. The summed E-state index contributed by atoms with van der Waals surface area (Å²) in [5.41, 5.74) is 1.26. The van der Waals surface area contributed by atoms with Crippen LogP contribution in [0.25, 0.3) is 5.65 Å². The summed E-state index contributed by atoms with van der Waals surface area (Å²) < 4.78 is 6.52. The van der Waals surface area contributed by atoms with Crippen molar-refractivity contribution in [2.45, 2.75) is 6.92 Å². The van der Waals surface area contributed by atoms with E-state index in [-0.39, 0.29) is 26.3 Å². The molecule has 0 aliphatic heterocycles. The SMILES string of the molecule is Cc1nn2cccnc2c1C(=O)OCC(=O)Nc1cc(Cl)c(Cl)cc1Cl. The number of esters is 1. The fourth-order valence-electron chi connectivity index (χ4n) is 2.24. The number of aromatic nitrogens is 3. The number of nitrogens with one attached hydrogen (secondary N) is 1. The molecule has 0 aliphatic carbocycles. The summed E-state index contributed by atoms with van der Waals surface area (Å²) in [5, 5.41) is 7.37. The highest BCUT2D eigenvalue weighted by molar-refractivity contribution is 6.44. The van der Waals surface area contributed by atoms with Crippen LogP contribution in [0.4, 0.5) is 5.69 Å². The predicted octanol–water partition coefficient (Wildman–Crippen LogP) is 3.79. The van der Waals surface area contributed by atoms with E-state index in [9.17, 15) is 9.59 Å². The predicted molar refractivity (Wildman–Crippen MR) is 98.1 cm³/mol. The van der Waals surface area contributed by atoms with Crippen molar-refractivity contribution in [3.8, 4) is 0 Å². The Hall–Kier alpha value is -2.35. The molecule has 7 nitrogen and oxygen atoms in total. The Balaban J connectivity index is 1.69. The highest BCUT2D eigenvalue weighted by Crippen LogP contribution is 2.32. The second-order valence-corrected chi connectivity index (χ2v) is 6.44. The van der Waals surface area contributed by atoms with Gasteiger partial charge in [0.2, 0.25) is 0 Å². The van der Waals surface area contributed by atoms with Gasteiger partial charge in [0, 0.05) is 12.4 Å². The van der Waals surface area contributed by atoms with Crippen LogP contribution in [0, 0.1) is 6.92 Å². The molecule has 1 N–H and O–H groups in total. The molecule has 0 unspecified atom stereocenters. The highest BCUT2D eigenvalue weighted by Gasteiger charge is 2.20. The van der Waals surface area contributed by atoms with Gasteiger partial charge in [-0.1, -0.05) is 34.8 Å². The van der Waals surface area contributed by atoms with Gasteiger partial charge in [-0.2, -0.15) is 5.10 Å². The summed E-state index contributed by atoms with van der Waals surface area (Å²) in [6, 6.07) is 4.50. The Kier molecular flexibility index (Phi) is 5.31. The van der Waals surface area contributed by atoms with Crippen molar-refractivity contribution in [1.29, 1.82) is 0 Å². The largest absolute Gasteiger partial charge is 0.452 e. The van der Waals surface area contributed by atoms with Crippen LogP contribution < -0.4 is 5.32 Å². The minimum Gasteiger partial charge on any atom is -0.452 e. The molecule has 0 spiro atoms. The Morgan fingerprint density at radius 1 is 1.19 bits per heavy atom. The lowest BCUT2D eigenvalue weighted by molar-refractivity contribution is -0.119. The standard InChI is InChI=1S/C16H11Cl3N4O3/c1-8-14(15-20-3-2-4-23(15)22-8)16(25)26-7-13(24)21-12-6-10(18)9(17)5-11(12)19/h2-6H,7H2,1H3,(H,21,24). The molecule has 134 valence electrons. The molecule has 2 heterocycles. The van der Waals surface area contributed by atoms with Gasteiger partial charge in [-0.15, -0.1) is 0 Å². The van der Waals surface area contributed by atoms with Gasteiger partial charge in [0.15, 0.2) is 12.3 Å². The number of fused-ring (bicyclic) bond motifs is 1. The van der Waals surface area contributed by atoms with Crippen LogP contribution in [-0.4, -0.2) is 33.1 Å². The molecule has 3 aromatic rings. The normalized spacial score (nSPS) is 10.8. The number of nitrogens with zero attached hydrogens (tertiary/aromatic N) is 3. The van der Waals surface area contributed by atoms with E-state index in [0.29, 0.717) is 11.3 Å². The molecular formula is C16H11Cl3N4O3. The summed E-state index contributed by atoms with van der Waals surface area (Å²) in [4.78, 5) is 28.4. The quantitative estimate of drug-likeness (QED) is 0.519. The molecule has 3 rings (SSSR count). The Morgan fingerprint density at radius 2 is 1.92 bits per heavy atom. The Morgan fingerprint density at radius 3 is 2.69 bits per heavy atom. The lowest BCUT2D eigenvalue weighted by Crippen LogP contribution is -2.21. The van der Waals surface area contributed by atoms with Crippen LogP contribution >= 0.6 is 34.8 Å². The first-order chi connectivity index (χ1) is 12.4. The number of hydrogen-bond donors (Lipinski definition) is 1. The summed E-state index contributed by atoms with van der Waals surface area (Å²) in [5.74, 6) is -1.28.